The monoisotopic (exact) mass is 459 g/mol. The number of benzene rings is 2. The van der Waals surface area contributed by atoms with E-state index in [-0.39, 0.29) is 39.5 Å². The molecule has 10 heteroatoms. The number of aromatic amines is 1. The number of aliphatic hydroxyl groups excluding tert-OH is 1. The Morgan fingerprint density at radius 2 is 1.88 bits per heavy atom. The molecule has 33 heavy (non-hydrogen) atoms. The van der Waals surface area contributed by atoms with Crippen LogP contribution in [0.4, 0.5) is 28.9 Å². The molecule has 4 N–H and O–H groups in total. The average molecular weight is 459 g/mol. The molecule has 0 unspecified atom stereocenters. The van der Waals surface area contributed by atoms with Gasteiger partial charge in [-0.2, -0.15) is 13.2 Å². The Kier molecular flexibility index (Phi) is 5.54. The quantitative estimate of drug-likeness (QED) is 0.340. The summed E-state index contributed by atoms with van der Waals surface area (Å²) in [5.41, 5.74) is -1.00. The number of carbonyl (C=O) groups is 2. The number of amides is 2. The first kappa shape index (κ1) is 22.3. The number of rotatable bonds is 4. The highest BCUT2D eigenvalue weighted by Gasteiger charge is 2.39. The van der Waals surface area contributed by atoms with Gasteiger partial charge < -0.3 is 20.7 Å². The third-order valence-corrected chi connectivity index (χ3v) is 5.16. The summed E-state index contributed by atoms with van der Waals surface area (Å²) in [4.78, 5) is 26.6. The smallest absolute Gasteiger partial charge is 0.387 e. The second kappa shape index (κ2) is 8.21. The molecular formula is C23H17F4N3O3. The van der Waals surface area contributed by atoms with Crippen molar-refractivity contribution in [3.05, 3.63) is 70.8 Å². The van der Waals surface area contributed by atoms with Crippen LogP contribution in [0.15, 0.2) is 42.5 Å². The van der Waals surface area contributed by atoms with Crippen molar-refractivity contribution in [1.82, 2.24) is 4.98 Å². The molecule has 0 atom stereocenters. The number of hydrogen-bond donors (Lipinski definition) is 4. The van der Waals surface area contributed by atoms with Crippen LogP contribution in [0.25, 0.3) is 22.8 Å². The predicted molar refractivity (Wildman–Crippen MR) is 115 cm³/mol. The molecule has 6 nitrogen and oxygen atoms in total. The molecule has 1 aliphatic rings. The molecule has 0 saturated heterocycles. The van der Waals surface area contributed by atoms with Crippen molar-refractivity contribution in [2.75, 3.05) is 17.2 Å². The first-order chi connectivity index (χ1) is 15.6. The highest BCUT2D eigenvalue weighted by Crippen LogP contribution is 2.44. The van der Waals surface area contributed by atoms with Gasteiger partial charge in [-0.15, -0.1) is 0 Å². The van der Waals surface area contributed by atoms with E-state index in [0.717, 1.165) is 18.2 Å². The Morgan fingerprint density at radius 3 is 2.52 bits per heavy atom. The van der Waals surface area contributed by atoms with E-state index in [9.17, 15) is 27.2 Å². The Hall–Kier alpha value is -3.92. The van der Waals surface area contributed by atoms with Gasteiger partial charge in [-0.25, -0.2) is 4.39 Å². The van der Waals surface area contributed by atoms with Crippen molar-refractivity contribution in [3.8, 4) is 11.1 Å². The van der Waals surface area contributed by atoms with Crippen molar-refractivity contribution in [1.29, 1.82) is 0 Å². The lowest BCUT2D eigenvalue weighted by molar-refractivity contribution is -0.137. The van der Waals surface area contributed by atoms with Crippen molar-refractivity contribution in [2.45, 2.75) is 13.1 Å². The van der Waals surface area contributed by atoms with Crippen LogP contribution >= 0.6 is 0 Å². The van der Waals surface area contributed by atoms with Gasteiger partial charge in [0.15, 0.2) is 0 Å². The van der Waals surface area contributed by atoms with Crippen LogP contribution < -0.4 is 10.6 Å². The summed E-state index contributed by atoms with van der Waals surface area (Å²) >= 11 is 0. The van der Waals surface area contributed by atoms with Gasteiger partial charge in [-0.05, 0) is 30.7 Å². The first-order valence-electron chi connectivity index (χ1n) is 9.73. The summed E-state index contributed by atoms with van der Waals surface area (Å²) in [5, 5.41) is 13.4. The standard InChI is InChI=1S/C23H17F4N3O3/c1-11-20(12-5-3-2-4-6-12)21(23(25,26)27)18(28-11)8-14-13-7-15(24)17(29-19(32)10-31)9-16(13)30-22(14)33/h2-9,28,31H,10H2,1H3,(H,29,32)(H,30,33)/b14-8-. The van der Waals surface area contributed by atoms with Crippen molar-refractivity contribution in [3.63, 3.8) is 0 Å². The zero-order valence-electron chi connectivity index (χ0n) is 17.1. The van der Waals surface area contributed by atoms with Crippen LogP contribution in [0.3, 0.4) is 0 Å². The van der Waals surface area contributed by atoms with E-state index in [4.69, 9.17) is 5.11 Å². The van der Waals surface area contributed by atoms with Crippen molar-refractivity contribution < 1.29 is 32.3 Å². The summed E-state index contributed by atoms with van der Waals surface area (Å²) in [5.74, 6) is -2.50. The fourth-order valence-electron chi connectivity index (χ4n) is 3.80. The molecule has 2 amide bonds. The maximum atomic E-state index is 14.5. The lowest BCUT2D eigenvalue weighted by atomic mass is 9.98. The largest absolute Gasteiger partial charge is 0.419 e. The second-order valence-electron chi connectivity index (χ2n) is 7.37. The van der Waals surface area contributed by atoms with E-state index in [1.807, 2.05) is 0 Å². The summed E-state index contributed by atoms with van der Waals surface area (Å²) in [7, 11) is 0. The van der Waals surface area contributed by atoms with Crippen LogP contribution in [-0.2, 0) is 15.8 Å². The molecule has 170 valence electrons. The average Bonchev–Trinajstić information content (AvgIpc) is 3.25. The van der Waals surface area contributed by atoms with Crippen LogP contribution in [-0.4, -0.2) is 28.5 Å². The SMILES string of the molecule is Cc1[nH]c(/C=C2\C(=O)Nc3cc(NC(=O)CO)c(F)cc32)c(C(F)(F)F)c1-c1ccccc1. The van der Waals surface area contributed by atoms with Crippen molar-refractivity contribution in [2.24, 2.45) is 0 Å². The minimum absolute atomic E-state index is 0.0400. The van der Waals surface area contributed by atoms with Gasteiger partial charge in [0.25, 0.3) is 5.91 Å². The fourth-order valence-corrected chi connectivity index (χ4v) is 3.80. The molecule has 2 heterocycles. The molecule has 0 bridgehead atoms. The lowest BCUT2D eigenvalue weighted by Gasteiger charge is -2.11. The molecule has 1 aliphatic heterocycles. The van der Waals surface area contributed by atoms with Gasteiger partial charge >= 0.3 is 6.18 Å². The van der Waals surface area contributed by atoms with E-state index in [1.165, 1.54) is 6.92 Å². The van der Waals surface area contributed by atoms with E-state index in [1.54, 1.807) is 30.3 Å². The van der Waals surface area contributed by atoms with E-state index in [2.05, 4.69) is 15.6 Å². The number of nitrogens with one attached hydrogen (secondary N) is 3. The van der Waals surface area contributed by atoms with Gasteiger partial charge in [0.1, 0.15) is 12.4 Å². The molecule has 0 spiro atoms. The van der Waals surface area contributed by atoms with E-state index >= 15 is 0 Å². The predicted octanol–water partition coefficient (Wildman–Crippen LogP) is 4.57. The lowest BCUT2D eigenvalue weighted by Crippen LogP contribution is -2.16. The van der Waals surface area contributed by atoms with Crippen molar-refractivity contribution >= 4 is 34.8 Å². The molecule has 0 fully saturated rings. The number of H-pyrrole nitrogens is 1. The maximum absolute atomic E-state index is 14.5. The normalized spacial score (nSPS) is 14.4. The maximum Gasteiger partial charge on any atom is 0.419 e. The van der Waals surface area contributed by atoms with Crippen LogP contribution in [0.1, 0.15) is 22.5 Å². The fraction of sp³-hybridized carbons (Fsp3) is 0.130. The Morgan fingerprint density at radius 1 is 1.18 bits per heavy atom. The Balaban J connectivity index is 1.85. The first-order valence-corrected chi connectivity index (χ1v) is 9.73. The molecule has 4 rings (SSSR count). The van der Waals surface area contributed by atoms with Crippen LogP contribution in [0.5, 0.6) is 0 Å². The topological polar surface area (TPSA) is 94.2 Å². The van der Waals surface area contributed by atoms with Crippen LogP contribution in [0, 0.1) is 12.7 Å². The third-order valence-electron chi connectivity index (χ3n) is 5.16. The molecule has 0 saturated carbocycles. The summed E-state index contributed by atoms with van der Waals surface area (Å²) < 4.78 is 56.7. The van der Waals surface area contributed by atoms with E-state index in [0.29, 0.717) is 5.56 Å². The molecular weight excluding hydrogens is 442 g/mol. The Bertz CT molecular complexity index is 1290. The zero-order chi connectivity index (χ0) is 23.9. The summed E-state index contributed by atoms with van der Waals surface area (Å²) in [6.45, 7) is 0.627. The number of anilines is 2. The van der Waals surface area contributed by atoms with Crippen LogP contribution in [0.2, 0.25) is 0 Å². The Labute approximate surface area is 184 Å². The van der Waals surface area contributed by atoms with Gasteiger partial charge in [0.2, 0.25) is 5.91 Å². The van der Waals surface area contributed by atoms with E-state index < -0.39 is 36.0 Å². The highest BCUT2D eigenvalue weighted by atomic mass is 19.4. The number of halogens is 4. The third kappa shape index (κ3) is 4.12. The number of aromatic nitrogens is 1. The number of aryl methyl sites for hydroxylation is 1. The number of fused-ring (bicyclic) bond motifs is 1. The molecule has 0 radical (unpaired) electrons. The number of aliphatic hydroxyl groups is 1. The number of carbonyl (C=O) groups excluding carboxylic acids is 2. The van der Waals surface area contributed by atoms with Gasteiger partial charge in [-0.1, -0.05) is 30.3 Å². The summed E-state index contributed by atoms with van der Waals surface area (Å²) in [6.07, 6.45) is -3.70. The van der Waals surface area contributed by atoms with Gasteiger partial charge in [0.05, 0.1) is 28.2 Å². The second-order valence-corrected chi connectivity index (χ2v) is 7.37. The minimum atomic E-state index is -4.73. The minimum Gasteiger partial charge on any atom is -0.387 e. The zero-order valence-corrected chi connectivity index (χ0v) is 17.1. The van der Waals surface area contributed by atoms with Gasteiger partial charge in [-0.3, -0.25) is 9.59 Å². The number of alkyl halides is 3. The van der Waals surface area contributed by atoms with Gasteiger partial charge in [0, 0.05) is 16.8 Å². The molecule has 2 aromatic carbocycles. The highest BCUT2D eigenvalue weighted by molar-refractivity contribution is 6.35. The molecule has 3 aromatic rings. The number of hydrogen-bond acceptors (Lipinski definition) is 3. The molecule has 1 aromatic heterocycles. The summed E-state index contributed by atoms with van der Waals surface area (Å²) in [6, 6.07) is 10.1. The molecule has 0 aliphatic carbocycles.